The van der Waals surface area contributed by atoms with Crippen molar-refractivity contribution < 1.29 is 9.84 Å². The summed E-state index contributed by atoms with van der Waals surface area (Å²) in [5, 5.41) is 9.42. The highest BCUT2D eigenvalue weighted by Crippen LogP contribution is 2.25. The van der Waals surface area contributed by atoms with E-state index in [1.54, 1.807) is 14.0 Å². The van der Waals surface area contributed by atoms with Crippen LogP contribution in [0.2, 0.25) is 0 Å². The molecule has 1 rings (SSSR count). The molecular weight excluding hydrogens is 152 g/mol. The van der Waals surface area contributed by atoms with Crippen LogP contribution in [-0.2, 0) is 4.74 Å². The molecule has 0 radical (unpaired) electrons. The maximum atomic E-state index is 9.42. The molecule has 1 aliphatic rings. The molecule has 0 aromatic carbocycles. The van der Waals surface area contributed by atoms with Crippen molar-refractivity contribution in [1.82, 2.24) is 0 Å². The lowest BCUT2D eigenvalue weighted by atomic mass is 9.87. The highest BCUT2D eigenvalue weighted by Gasteiger charge is 2.25. The van der Waals surface area contributed by atoms with E-state index in [-0.39, 0.29) is 12.2 Å². The Labute approximate surface area is 74.2 Å². The van der Waals surface area contributed by atoms with Crippen LogP contribution >= 0.6 is 0 Å². The summed E-state index contributed by atoms with van der Waals surface area (Å²) in [5.41, 5.74) is 0. The van der Waals surface area contributed by atoms with Crippen molar-refractivity contribution in [2.45, 2.75) is 38.4 Å². The normalized spacial score (nSPS) is 28.4. The Morgan fingerprint density at radius 3 is 2.67 bits per heavy atom. The van der Waals surface area contributed by atoms with Crippen LogP contribution in [0.1, 0.15) is 26.2 Å². The topological polar surface area (TPSA) is 29.5 Å². The number of aliphatic hydroxyl groups excluding tert-OH is 1. The first-order valence-corrected chi connectivity index (χ1v) is 4.61. The minimum Gasteiger partial charge on any atom is -0.391 e. The van der Waals surface area contributed by atoms with Crippen LogP contribution in [0.3, 0.4) is 0 Å². The largest absolute Gasteiger partial charge is 0.391 e. The average Bonchev–Trinajstić information content (AvgIpc) is 2.07. The number of hydrogen-bond donors (Lipinski definition) is 1. The molecule has 0 spiro atoms. The predicted octanol–water partition coefficient (Wildman–Crippen LogP) is 1.74. The van der Waals surface area contributed by atoms with E-state index in [0.29, 0.717) is 5.92 Å². The minimum absolute atomic E-state index is 0.00921. The predicted molar refractivity (Wildman–Crippen MR) is 49.0 cm³/mol. The first kappa shape index (κ1) is 9.75. The number of methoxy groups -OCH3 is 1. The summed E-state index contributed by atoms with van der Waals surface area (Å²) in [6.07, 6.45) is 7.34. The van der Waals surface area contributed by atoms with E-state index in [2.05, 4.69) is 12.2 Å². The number of aliphatic hydroxyl groups is 1. The number of allylic oxidation sites excluding steroid dienone is 2. The second-order valence-electron chi connectivity index (χ2n) is 3.49. The van der Waals surface area contributed by atoms with Crippen LogP contribution in [0.15, 0.2) is 12.2 Å². The quantitative estimate of drug-likeness (QED) is 0.654. The van der Waals surface area contributed by atoms with Crippen LogP contribution in [0.5, 0.6) is 0 Å². The highest BCUT2D eigenvalue weighted by atomic mass is 16.5. The Bertz CT molecular complexity index is 152. The average molecular weight is 170 g/mol. The summed E-state index contributed by atoms with van der Waals surface area (Å²) in [7, 11) is 1.68. The molecular formula is C10H18O2. The minimum atomic E-state index is -0.355. The first-order chi connectivity index (χ1) is 5.75. The third-order valence-corrected chi connectivity index (χ3v) is 2.52. The molecule has 0 fully saturated rings. The van der Waals surface area contributed by atoms with Crippen molar-refractivity contribution >= 4 is 0 Å². The van der Waals surface area contributed by atoms with E-state index in [4.69, 9.17) is 4.74 Å². The molecule has 0 saturated heterocycles. The molecule has 1 N–H and O–H groups in total. The molecule has 0 amide bonds. The van der Waals surface area contributed by atoms with Crippen molar-refractivity contribution in [2.75, 3.05) is 7.11 Å². The standard InChI is InChI=1S/C10H18O2/c1-8(11)10(12-2)9-6-4-3-5-7-9/h3-4,8-11H,5-7H2,1-2H3. The van der Waals surface area contributed by atoms with E-state index >= 15 is 0 Å². The first-order valence-electron chi connectivity index (χ1n) is 4.61. The van der Waals surface area contributed by atoms with E-state index in [0.717, 1.165) is 19.3 Å². The zero-order chi connectivity index (χ0) is 8.97. The summed E-state index contributed by atoms with van der Waals surface area (Å²) >= 11 is 0. The number of rotatable bonds is 3. The van der Waals surface area contributed by atoms with Gasteiger partial charge in [-0.25, -0.2) is 0 Å². The molecule has 0 heterocycles. The Morgan fingerprint density at radius 2 is 2.25 bits per heavy atom. The number of hydrogen-bond acceptors (Lipinski definition) is 2. The Hall–Kier alpha value is -0.340. The van der Waals surface area contributed by atoms with Crippen LogP contribution in [0.25, 0.3) is 0 Å². The third kappa shape index (κ3) is 2.32. The van der Waals surface area contributed by atoms with E-state index in [9.17, 15) is 5.11 Å². The second kappa shape index (κ2) is 4.63. The summed E-state index contributed by atoms with van der Waals surface area (Å²) < 4.78 is 5.27. The van der Waals surface area contributed by atoms with Crippen LogP contribution < -0.4 is 0 Å². The molecule has 3 atom stereocenters. The van der Waals surface area contributed by atoms with Crippen LogP contribution in [0, 0.1) is 5.92 Å². The third-order valence-electron chi connectivity index (χ3n) is 2.52. The van der Waals surface area contributed by atoms with E-state index < -0.39 is 0 Å². The van der Waals surface area contributed by atoms with Gasteiger partial charge in [-0.2, -0.15) is 0 Å². The van der Waals surface area contributed by atoms with Gasteiger partial charge in [-0.3, -0.25) is 0 Å². The molecule has 0 aliphatic heterocycles. The molecule has 2 nitrogen and oxygen atoms in total. The molecule has 1 aliphatic carbocycles. The second-order valence-corrected chi connectivity index (χ2v) is 3.49. The zero-order valence-electron chi connectivity index (χ0n) is 7.86. The summed E-state index contributed by atoms with van der Waals surface area (Å²) in [5.74, 6) is 0.500. The Balaban J connectivity index is 2.47. The van der Waals surface area contributed by atoms with E-state index in [1.165, 1.54) is 0 Å². The fourth-order valence-corrected chi connectivity index (χ4v) is 1.90. The molecule has 0 bridgehead atoms. The highest BCUT2D eigenvalue weighted by molar-refractivity contribution is 4.93. The van der Waals surface area contributed by atoms with E-state index in [1.807, 2.05) is 0 Å². The fraction of sp³-hybridized carbons (Fsp3) is 0.800. The van der Waals surface area contributed by atoms with Gasteiger partial charge in [0.05, 0.1) is 12.2 Å². The van der Waals surface area contributed by atoms with Gasteiger partial charge in [0, 0.05) is 7.11 Å². The molecule has 0 saturated carbocycles. The van der Waals surface area contributed by atoms with Gasteiger partial charge in [0.25, 0.3) is 0 Å². The van der Waals surface area contributed by atoms with Crippen molar-refractivity contribution in [3.63, 3.8) is 0 Å². The molecule has 70 valence electrons. The summed E-state index contributed by atoms with van der Waals surface area (Å²) in [6.45, 7) is 1.80. The molecule has 2 heteroatoms. The molecule has 0 aromatic rings. The fourth-order valence-electron chi connectivity index (χ4n) is 1.90. The van der Waals surface area contributed by atoms with Gasteiger partial charge in [0.2, 0.25) is 0 Å². The Kier molecular flexibility index (Phi) is 3.76. The van der Waals surface area contributed by atoms with Gasteiger partial charge in [0.15, 0.2) is 0 Å². The lowest BCUT2D eigenvalue weighted by Crippen LogP contribution is -2.33. The lowest BCUT2D eigenvalue weighted by molar-refractivity contribution is -0.0394. The molecule has 0 aromatic heterocycles. The SMILES string of the molecule is COC(C(C)O)C1CC=CCC1. The van der Waals surface area contributed by atoms with Crippen molar-refractivity contribution in [2.24, 2.45) is 5.92 Å². The smallest absolute Gasteiger partial charge is 0.0858 e. The van der Waals surface area contributed by atoms with Gasteiger partial charge in [-0.05, 0) is 32.1 Å². The van der Waals surface area contributed by atoms with Gasteiger partial charge in [-0.15, -0.1) is 0 Å². The Morgan fingerprint density at radius 1 is 1.50 bits per heavy atom. The van der Waals surface area contributed by atoms with Gasteiger partial charge >= 0.3 is 0 Å². The summed E-state index contributed by atoms with van der Waals surface area (Å²) in [6, 6.07) is 0. The van der Waals surface area contributed by atoms with Gasteiger partial charge in [0.1, 0.15) is 0 Å². The maximum absolute atomic E-state index is 9.42. The zero-order valence-corrected chi connectivity index (χ0v) is 7.86. The van der Waals surface area contributed by atoms with Crippen molar-refractivity contribution in [1.29, 1.82) is 0 Å². The summed E-state index contributed by atoms with van der Waals surface area (Å²) in [4.78, 5) is 0. The maximum Gasteiger partial charge on any atom is 0.0858 e. The lowest BCUT2D eigenvalue weighted by Gasteiger charge is -2.28. The molecule has 12 heavy (non-hydrogen) atoms. The molecule has 3 unspecified atom stereocenters. The van der Waals surface area contributed by atoms with Gasteiger partial charge in [-0.1, -0.05) is 12.2 Å². The number of ether oxygens (including phenoxy) is 1. The van der Waals surface area contributed by atoms with Crippen molar-refractivity contribution in [3.8, 4) is 0 Å². The van der Waals surface area contributed by atoms with Gasteiger partial charge < -0.3 is 9.84 Å². The van der Waals surface area contributed by atoms with Crippen molar-refractivity contribution in [3.05, 3.63) is 12.2 Å². The van der Waals surface area contributed by atoms with Crippen LogP contribution in [-0.4, -0.2) is 24.4 Å². The monoisotopic (exact) mass is 170 g/mol. The van der Waals surface area contributed by atoms with Crippen LogP contribution in [0.4, 0.5) is 0 Å².